The summed E-state index contributed by atoms with van der Waals surface area (Å²) in [6, 6.07) is 10.7. The number of morpholine rings is 1. The molecule has 0 radical (unpaired) electrons. The molecule has 0 saturated carbocycles. The standard InChI is InChI=1S/C23H23N3O5/c1-28-15-4-6-20-14(11-15)12-18-22(26-7-9-30-10-8-26)24-21(25-23(18)31-20)17-13-16(29-2)3-5-19(17)27/h3-6,11,13,27H,7-10,12H2,1-2H3. The van der Waals surface area contributed by atoms with Crippen LogP contribution in [-0.4, -0.2) is 55.6 Å². The minimum absolute atomic E-state index is 0.0784. The summed E-state index contributed by atoms with van der Waals surface area (Å²) in [7, 11) is 3.23. The van der Waals surface area contributed by atoms with Crippen molar-refractivity contribution < 1.29 is 24.1 Å². The van der Waals surface area contributed by atoms with Crippen molar-refractivity contribution in [2.24, 2.45) is 0 Å². The summed E-state index contributed by atoms with van der Waals surface area (Å²) in [5.74, 6) is 3.87. The first-order valence-electron chi connectivity index (χ1n) is 10.1. The van der Waals surface area contributed by atoms with Gasteiger partial charge in [-0.25, -0.2) is 4.98 Å². The highest BCUT2D eigenvalue weighted by Crippen LogP contribution is 2.42. The molecular weight excluding hydrogens is 398 g/mol. The van der Waals surface area contributed by atoms with E-state index in [1.165, 1.54) is 0 Å². The van der Waals surface area contributed by atoms with Crippen LogP contribution < -0.4 is 19.1 Å². The van der Waals surface area contributed by atoms with E-state index < -0.39 is 0 Å². The molecule has 8 heteroatoms. The number of nitrogens with zero attached hydrogens (tertiary/aromatic N) is 3. The molecule has 0 unspecified atom stereocenters. The van der Waals surface area contributed by atoms with E-state index in [9.17, 15) is 5.11 Å². The van der Waals surface area contributed by atoms with Crippen molar-refractivity contribution in [3.8, 4) is 40.3 Å². The lowest BCUT2D eigenvalue weighted by molar-refractivity contribution is 0.122. The second-order valence-corrected chi connectivity index (χ2v) is 7.39. The van der Waals surface area contributed by atoms with Gasteiger partial charge in [-0.05, 0) is 36.4 Å². The van der Waals surface area contributed by atoms with Crippen LogP contribution in [0.5, 0.6) is 28.9 Å². The molecule has 31 heavy (non-hydrogen) atoms. The number of hydrogen-bond donors (Lipinski definition) is 1. The Labute approximate surface area is 180 Å². The Kier molecular flexibility index (Phi) is 4.99. The molecule has 0 atom stereocenters. The first-order valence-corrected chi connectivity index (χ1v) is 10.1. The van der Waals surface area contributed by atoms with Crippen molar-refractivity contribution in [1.29, 1.82) is 0 Å². The van der Waals surface area contributed by atoms with Gasteiger partial charge in [0, 0.05) is 25.1 Å². The second-order valence-electron chi connectivity index (χ2n) is 7.39. The van der Waals surface area contributed by atoms with E-state index in [2.05, 4.69) is 9.88 Å². The smallest absolute Gasteiger partial charge is 0.228 e. The molecule has 5 rings (SSSR count). The summed E-state index contributed by atoms with van der Waals surface area (Å²) in [5, 5.41) is 10.5. The van der Waals surface area contributed by atoms with E-state index in [4.69, 9.17) is 23.9 Å². The second kappa shape index (κ2) is 7.96. The third-order valence-corrected chi connectivity index (χ3v) is 5.54. The fraction of sp³-hybridized carbons (Fsp3) is 0.304. The zero-order valence-electron chi connectivity index (χ0n) is 17.4. The molecule has 1 N–H and O–H groups in total. The maximum Gasteiger partial charge on any atom is 0.228 e. The zero-order chi connectivity index (χ0) is 21.4. The highest BCUT2D eigenvalue weighted by Gasteiger charge is 2.28. The van der Waals surface area contributed by atoms with Crippen LogP contribution in [0.25, 0.3) is 11.4 Å². The lowest BCUT2D eigenvalue weighted by Gasteiger charge is -2.31. The Balaban J connectivity index is 1.65. The Morgan fingerprint density at radius 2 is 1.71 bits per heavy atom. The highest BCUT2D eigenvalue weighted by atomic mass is 16.5. The number of methoxy groups -OCH3 is 2. The molecule has 0 aliphatic carbocycles. The molecule has 2 aliphatic heterocycles. The van der Waals surface area contributed by atoms with Gasteiger partial charge in [0.05, 0.1) is 38.6 Å². The Morgan fingerprint density at radius 3 is 2.48 bits per heavy atom. The van der Waals surface area contributed by atoms with Crippen molar-refractivity contribution in [3.63, 3.8) is 0 Å². The monoisotopic (exact) mass is 421 g/mol. The number of aromatic hydroxyl groups is 1. The molecule has 8 nitrogen and oxygen atoms in total. The number of aromatic nitrogens is 2. The van der Waals surface area contributed by atoms with Gasteiger partial charge in [0.25, 0.3) is 0 Å². The van der Waals surface area contributed by atoms with Crippen LogP contribution in [0.15, 0.2) is 36.4 Å². The molecular formula is C23H23N3O5. The summed E-state index contributed by atoms with van der Waals surface area (Å²) in [6.07, 6.45) is 0.624. The van der Waals surface area contributed by atoms with Gasteiger partial charge < -0.3 is 29.0 Å². The highest BCUT2D eigenvalue weighted by molar-refractivity contribution is 5.70. The molecule has 160 valence electrons. The van der Waals surface area contributed by atoms with Crippen molar-refractivity contribution in [2.45, 2.75) is 6.42 Å². The quantitative estimate of drug-likeness (QED) is 0.537. The number of anilines is 1. The number of ether oxygens (including phenoxy) is 4. The summed E-state index contributed by atoms with van der Waals surface area (Å²) < 4.78 is 22.4. The van der Waals surface area contributed by atoms with Crippen LogP contribution in [0.4, 0.5) is 5.82 Å². The molecule has 1 aromatic heterocycles. The van der Waals surface area contributed by atoms with E-state index in [1.807, 2.05) is 18.2 Å². The minimum atomic E-state index is 0.0784. The maximum atomic E-state index is 10.5. The Bertz CT molecular complexity index is 1130. The summed E-state index contributed by atoms with van der Waals surface area (Å²) in [5.41, 5.74) is 2.41. The van der Waals surface area contributed by atoms with Gasteiger partial charge in [0.1, 0.15) is 28.8 Å². The average molecular weight is 421 g/mol. The lowest BCUT2D eigenvalue weighted by atomic mass is 10.0. The number of rotatable bonds is 4. The molecule has 3 aromatic rings. The molecule has 0 spiro atoms. The first kappa shape index (κ1) is 19.4. The number of fused-ring (bicyclic) bond motifs is 2. The van der Waals surface area contributed by atoms with Crippen LogP contribution in [0.3, 0.4) is 0 Å². The van der Waals surface area contributed by atoms with Gasteiger partial charge in [-0.1, -0.05) is 0 Å². The third-order valence-electron chi connectivity index (χ3n) is 5.54. The van der Waals surface area contributed by atoms with E-state index in [0.29, 0.717) is 42.7 Å². The van der Waals surface area contributed by atoms with Crippen molar-refractivity contribution in [3.05, 3.63) is 47.5 Å². The fourth-order valence-corrected chi connectivity index (χ4v) is 3.88. The minimum Gasteiger partial charge on any atom is -0.507 e. The van der Waals surface area contributed by atoms with Crippen molar-refractivity contribution in [1.82, 2.24) is 9.97 Å². The van der Waals surface area contributed by atoms with Crippen LogP contribution in [0.1, 0.15) is 11.1 Å². The van der Waals surface area contributed by atoms with E-state index in [-0.39, 0.29) is 5.75 Å². The van der Waals surface area contributed by atoms with Gasteiger partial charge in [-0.3, -0.25) is 0 Å². The van der Waals surface area contributed by atoms with Gasteiger partial charge in [0.15, 0.2) is 5.82 Å². The third kappa shape index (κ3) is 3.59. The summed E-state index contributed by atoms with van der Waals surface area (Å²) >= 11 is 0. The summed E-state index contributed by atoms with van der Waals surface area (Å²) in [6.45, 7) is 2.70. The van der Waals surface area contributed by atoms with Crippen LogP contribution >= 0.6 is 0 Å². The topological polar surface area (TPSA) is 86.2 Å². The van der Waals surface area contributed by atoms with Crippen LogP contribution in [0.2, 0.25) is 0 Å². The zero-order valence-corrected chi connectivity index (χ0v) is 17.4. The number of phenols is 1. The SMILES string of the molecule is COc1ccc2c(c1)Cc1c(nc(-c3cc(OC)ccc3O)nc1N1CCOCC1)O2. The number of hydrogen-bond acceptors (Lipinski definition) is 8. The van der Waals surface area contributed by atoms with E-state index in [1.54, 1.807) is 32.4 Å². The number of benzene rings is 2. The normalized spacial score (nSPS) is 15.0. The molecule has 0 amide bonds. The Morgan fingerprint density at radius 1 is 0.968 bits per heavy atom. The molecule has 3 heterocycles. The van der Waals surface area contributed by atoms with Crippen LogP contribution in [0, 0.1) is 0 Å². The van der Waals surface area contributed by atoms with Crippen molar-refractivity contribution >= 4 is 5.82 Å². The van der Waals surface area contributed by atoms with Gasteiger partial charge in [-0.15, -0.1) is 0 Å². The largest absolute Gasteiger partial charge is 0.507 e. The predicted molar refractivity (Wildman–Crippen MR) is 115 cm³/mol. The van der Waals surface area contributed by atoms with E-state index in [0.717, 1.165) is 41.5 Å². The van der Waals surface area contributed by atoms with Crippen molar-refractivity contribution in [2.75, 3.05) is 45.4 Å². The van der Waals surface area contributed by atoms with Gasteiger partial charge >= 0.3 is 0 Å². The summed E-state index contributed by atoms with van der Waals surface area (Å²) in [4.78, 5) is 11.7. The van der Waals surface area contributed by atoms with Gasteiger partial charge in [-0.2, -0.15) is 4.98 Å². The lowest BCUT2D eigenvalue weighted by Crippen LogP contribution is -2.37. The molecule has 0 bridgehead atoms. The molecule has 1 saturated heterocycles. The predicted octanol–water partition coefficient (Wildman–Crippen LogP) is 3.40. The van der Waals surface area contributed by atoms with Gasteiger partial charge in [0.2, 0.25) is 5.88 Å². The first-order chi connectivity index (χ1) is 15.2. The average Bonchev–Trinajstić information content (AvgIpc) is 2.82. The molecule has 1 fully saturated rings. The molecule has 2 aliphatic rings. The maximum absolute atomic E-state index is 10.5. The molecule has 2 aromatic carbocycles. The number of phenolic OH excluding ortho intramolecular Hbond substituents is 1. The Hall–Kier alpha value is -3.52. The fourth-order valence-electron chi connectivity index (χ4n) is 3.88. The van der Waals surface area contributed by atoms with E-state index >= 15 is 0 Å². The van der Waals surface area contributed by atoms with Crippen LogP contribution in [-0.2, 0) is 11.2 Å².